The zero-order valence-electron chi connectivity index (χ0n) is 8.48. The number of hydrogen-bond acceptors (Lipinski definition) is 2. The molecule has 4 heteroatoms. The standard InChI is InChI=1S/C11H14ClNO2/c1-7(13)10(11(14)15)6-8-2-4-9(12)5-3-8/h2-5,7,10H,6,13H2,1H3,(H,14,15). The third-order valence-corrected chi connectivity index (χ3v) is 2.57. The largest absolute Gasteiger partial charge is 0.481 e. The number of carboxylic acids is 1. The van der Waals surface area contributed by atoms with E-state index in [0.717, 1.165) is 5.56 Å². The first-order valence-corrected chi connectivity index (χ1v) is 5.11. The highest BCUT2D eigenvalue weighted by atomic mass is 35.5. The van der Waals surface area contributed by atoms with Crippen LogP contribution >= 0.6 is 11.6 Å². The van der Waals surface area contributed by atoms with Gasteiger partial charge in [0.1, 0.15) is 0 Å². The predicted octanol–water partition coefficient (Wildman–Crippen LogP) is 1.93. The molecule has 1 aromatic carbocycles. The molecule has 2 atom stereocenters. The van der Waals surface area contributed by atoms with Gasteiger partial charge in [-0.2, -0.15) is 0 Å². The maximum absolute atomic E-state index is 10.9. The lowest BCUT2D eigenvalue weighted by Crippen LogP contribution is -2.34. The Morgan fingerprint density at radius 1 is 1.47 bits per heavy atom. The van der Waals surface area contributed by atoms with Crippen molar-refractivity contribution in [2.45, 2.75) is 19.4 Å². The Balaban J connectivity index is 2.74. The van der Waals surface area contributed by atoms with Gasteiger partial charge in [-0.1, -0.05) is 23.7 Å². The minimum absolute atomic E-state index is 0.363. The molecule has 3 nitrogen and oxygen atoms in total. The van der Waals surface area contributed by atoms with Gasteiger partial charge < -0.3 is 10.8 Å². The van der Waals surface area contributed by atoms with Crippen molar-refractivity contribution in [1.82, 2.24) is 0 Å². The van der Waals surface area contributed by atoms with Crippen molar-refractivity contribution in [2.75, 3.05) is 0 Å². The Hall–Kier alpha value is -1.06. The predicted molar refractivity (Wildman–Crippen MR) is 59.9 cm³/mol. The van der Waals surface area contributed by atoms with Crippen molar-refractivity contribution in [3.8, 4) is 0 Å². The topological polar surface area (TPSA) is 63.3 Å². The fourth-order valence-corrected chi connectivity index (χ4v) is 1.50. The second-order valence-corrected chi connectivity index (χ2v) is 4.07. The van der Waals surface area contributed by atoms with E-state index < -0.39 is 11.9 Å². The van der Waals surface area contributed by atoms with Crippen LogP contribution in [0.1, 0.15) is 12.5 Å². The zero-order chi connectivity index (χ0) is 11.4. The summed E-state index contributed by atoms with van der Waals surface area (Å²) in [5.41, 5.74) is 6.54. The number of rotatable bonds is 4. The summed E-state index contributed by atoms with van der Waals surface area (Å²) in [4.78, 5) is 10.9. The molecule has 15 heavy (non-hydrogen) atoms. The SMILES string of the molecule is CC(N)C(Cc1ccc(Cl)cc1)C(=O)O. The molecule has 0 aliphatic rings. The number of halogens is 1. The van der Waals surface area contributed by atoms with Gasteiger partial charge in [0.25, 0.3) is 0 Å². The molecule has 0 fully saturated rings. The van der Waals surface area contributed by atoms with Crippen LogP contribution in [0.3, 0.4) is 0 Å². The van der Waals surface area contributed by atoms with Crippen molar-refractivity contribution in [3.63, 3.8) is 0 Å². The van der Waals surface area contributed by atoms with Gasteiger partial charge in [0, 0.05) is 11.1 Å². The van der Waals surface area contributed by atoms with Crippen LogP contribution in [0.4, 0.5) is 0 Å². The summed E-state index contributed by atoms with van der Waals surface area (Å²) in [6, 6.07) is 6.77. The van der Waals surface area contributed by atoms with Gasteiger partial charge in [-0.25, -0.2) is 0 Å². The van der Waals surface area contributed by atoms with Gasteiger partial charge in [-0.15, -0.1) is 0 Å². The molecule has 0 aromatic heterocycles. The second-order valence-electron chi connectivity index (χ2n) is 3.63. The zero-order valence-corrected chi connectivity index (χ0v) is 9.24. The number of hydrogen-bond donors (Lipinski definition) is 2. The molecule has 1 aromatic rings. The highest BCUT2D eigenvalue weighted by Gasteiger charge is 2.21. The summed E-state index contributed by atoms with van der Waals surface area (Å²) in [5, 5.41) is 9.60. The van der Waals surface area contributed by atoms with E-state index >= 15 is 0 Å². The normalized spacial score (nSPS) is 14.6. The van der Waals surface area contributed by atoms with Crippen molar-refractivity contribution in [3.05, 3.63) is 34.9 Å². The third-order valence-electron chi connectivity index (χ3n) is 2.32. The van der Waals surface area contributed by atoms with Crippen LogP contribution in [0, 0.1) is 5.92 Å². The van der Waals surface area contributed by atoms with Crippen LogP contribution in [0.15, 0.2) is 24.3 Å². The number of aliphatic carboxylic acids is 1. The van der Waals surface area contributed by atoms with Crippen molar-refractivity contribution >= 4 is 17.6 Å². The minimum Gasteiger partial charge on any atom is -0.481 e. The maximum atomic E-state index is 10.9. The lowest BCUT2D eigenvalue weighted by atomic mass is 9.94. The van der Waals surface area contributed by atoms with Crippen molar-refractivity contribution < 1.29 is 9.90 Å². The highest BCUT2D eigenvalue weighted by Crippen LogP contribution is 2.15. The first kappa shape index (κ1) is 12.0. The molecule has 0 radical (unpaired) electrons. The lowest BCUT2D eigenvalue weighted by Gasteiger charge is -2.15. The van der Waals surface area contributed by atoms with Crippen LogP contribution in [-0.4, -0.2) is 17.1 Å². The number of carboxylic acid groups (broad SMARTS) is 1. The minimum atomic E-state index is -0.861. The summed E-state index contributed by atoms with van der Waals surface area (Å²) >= 11 is 5.73. The highest BCUT2D eigenvalue weighted by molar-refractivity contribution is 6.30. The Kier molecular flexibility index (Phi) is 4.12. The van der Waals surface area contributed by atoms with E-state index in [4.69, 9.17) is 22.4 Å². The first-order chi connectivity index (χ1) is 7.00. The molecule has 0 spiro atoms. The van der Waals surface area contributed by atoms with E-state index in [1.807, 2.05) is 12.1 Å². The fraction of sp³-hybridized carbons (Fsp3) is 0.364. The smallest absolute Gasteiger partial charge is 0.308 e. The molecule has 0 saturated carbocycles. The monoisotopic (exact) mass is 227 g/mol. The van der Waals surface area contributed by atoms with E-state index in [0.29, 0.717) is 11.4 Å². The van der Waals surface area contributed by atoms with Gasteiger partial charge in [0.05, 0.1) is 5.92 Å². The van der Waals surface area contributed by atoms with Crippen molar-refractivity contribution in [2.24, 2.45) is 11.7 Å². The Morgan fingerprint density at radius 3 is 2.40 bits per heavy atom. The third kappa shape index (κ3) is 3.53. The van der Waals surface area contributed by atoms with Crippen LogP contribution in [0.25, 0.3) is 0 Å². The van der Waals surface area contributed by atoms with Gasteiger partial charge in [0.2, 0.25) is 0 Å². The summed E-state index contributed by atoms with van der Waals surface area (Å²) in [6.45, 7) is 1.70. The van der Waals surface area contributed by atoms with Crippen LogP contribution in [0.5, 0.6) is 0 Å². The lowest BCUT2D eigenvalue weighted by molar-refractivity contribution is -0.142. The Morgan fingerprint density at radius 2 is 2.00 bits per heavy atom. The fourth-order valence-electron chi connectivity index (χ4n) is 1.37. The van der Waals surface area contributed by atoms with Crippen LogP contribution in [-0.2, 0) is 11.2 Å². The maximum Gasteiger partial charge on any atom is 0.308 e. The molecule has 0 heterocycles. The van der Waals surface area contributed by atoms with Gasteiger partial charge in [-0.3, -0.25) is 4.79 Å². The molecule has 2 unspecified atom stereocenters. The van der Waals surface area contributed by atoms with E-state index in [1.165, 1.54) is 0 Å². The van der Waals surface area contributed by atoms with Gasteiger partial charge in [-0.05, 0) is 31.0 Å². The molecule has 0 saturated heterocycles. The quantitative estimate of drug-likeness (QED) is 0.826. The second kappa shape index (κ2) is 5.14. The number of benzene rings is 1. The molecule has 0 amide bonds. The molecule has 1 rings (SSSR count). The number of nitrogens with two attached hydrogens (primary N) is 1. The van der Waals surface area contributed by atoms with E-state index in [2.05, 4.69) is 0 Å². The van der Waals surface area contributed by atoms with Crippen molar-refractivity contribution in [1.29, 1.82) is 0 Å². The average Bonchev–Trinajstić information content (AvgIpc) is 2.15. The molecule has 0 aliphatic heterocycles. The Bertz CT molecular complexity index is 335. The molecule has 3 N–H and O–H groups in total. The molecular weight excluding hydrogens is 214 g/mol. The Labute approximate surface area is 93.9 Å². The van der Waals surface area contributed by atoms with Gasteiger partial charge in [0.15, 0.2) is 0 Å². The van der Waals surface area contributed by atoms with E-state index in [1.54, 1.807) is 19.1 Å². The first-order valence-electron chi connectivity index (χ1n) is 4.73. The molecule has 0 bridgehead atoms. The summed E-state index contributed by atoms with van der Waals surface area (Å²) in [7, 11) is 0. The summed E-state index contributed by atoms with van der Waals surface area (Å²) in [6.07, 6.45) is 0.435. The van der Waals surface area contributed by atoms with Gasteiger partial charge >= 0.3 is 5.97 Å². The summed E-state index contributed by atoms with van der Waals surface area (Å²) in [5.74, 6) is -1.41. The average molecular weight is 228 g/mol. The summed E-state index contributed by atoms with van der Waals surface area (Å²) < 4.78 is 0. The molecule has 0 aliphatic carbocycles. The van der Waals surface area contributed by atoms with E-state index in [9.17, 15) is 4.79 Å². The van der Waals surface area contributed by atoms with Crippen LogP contribution < -0.4 is 5.73 Å². The van der Waals surface area contributed by atoms with Crippen LogP contribution in [0.2, 0.25) is 5.02 Å². The molecule has 82 valence electrons. The molecular formula is C11H14ClNO2. The van der Waals surface area contributed by atoms with E-state index in [-0.39, 0.29) is 6.04 Å². The number of carbonyl (C=O) groups is 1.